The number of ether oxygens (including phenoxy) is 1. The largest absolute Gasteiger partial charge is 0.457 e. The smallest absolute Gasteiger partial charge is 0.138 e. The van der Waals surface area contributed by atoms with Gasteiger partial charge in [-0.15, -0.1) is 11.8 Å². The summed E-state index contributed by atoms with van der Waals surface area (Å²) in [7, 11) is 0. The second kappa shape index (κ2) is 8.09. The van der Waals surface area contributed by atoms with E-state index in [0.717, 1.165) is 50.7 Å². The quantitative estimate of drug-likeness (QED) is 0.403. The number of aryl methyl sites for hydroxylation is 1. The van der Waals surface area contributed by atoms with Crippen LogP contribution in [0.4, 0.5) is 0 Å². The van der Waals surface area contributed by atoms with Crippen molar-refractivity contribution in [1.29, 1.82) is 0 Å². The number of H-pyrrole nitrogens is 1. The SMILES string of the molecule is CCSc1ccc(Oc2ccc(CN)cc2)c(-c2cc(C)nc3[nH]ccc23)c1. The molecule has 0 atom stereocenters. The molecule has 0 aliphatic carbocycles. The van der Waals surface area contributed by atoms with Crippen LogP contribution in [0, 0.1) is 6.92 Å². The summed E-state index contributed by atoms with van der Waals surface area (Å²) in [5.74, 6) is 2.65. The van der Waals surface area contributed by atoms with E-state index in [1.165, 1.54) is 4.90 Å². The lowest BCUT2D eigenvalue weighted by Gasteiger charge is -2.15. The summed E-state index contributed by atoms with van der Waals surface area (Å²) in [5, 5.41) is 1.09. The number of thioether (sulfide) groups is 1. The van der Waals surface area contributed by atoms with Crippen LogP contribution in [-0.4, -0.2) is 15.7 Å². The molecule has 0 aliphatic heterocycles. The number of pyridine rings is 1. The first-order chi connectivity index (χ1) is 13.7. The average molecular weight is 390 g/mol. The minimum absolute atomic E-state index is 0.524. The minimum atomic E-state index is 0.524. The highest BCUT2D eigenvalue weighted by molar-refractivity contribution is 7.99. The maximum atomic E-state index is 6.28. The topological polar surface area (TPSA) is 63.9 Å². The van der Waals surface area contributed by atoms with E-state index in [1.54, 1.807) is 0 Å². The molecule has 4 rings (SSSR count). The normalized spacial score (nSPS) is 11.1. The number of fused-ring (bicyclic) bond motifs is 1. The van der Waals surface area contributed by atoms with Gasteiger partial charge in [-0.1, -0.05) is 19.1 Å². The van der Waals surface area contributed by atoms with Crippen LogP contribution >= 0.6 is 11.8 Å². The lowest BCUT2D eigenvalue weighted by molar-refractivity contribution is 0.484. The van der Waals surface area contributed by atoms with Crippen molar-refractivity contribution in [1.82, 2.24) is 9.97 Å². The predicted octanol–water partition coefficient (Wildman–Crippen LogP) is 5.90. The zero-order chi connectivity index (χ0) is 19.5. The lowest BCUT2D eigenvalue weighted by atomic mass is 10.0. The molecule has 142 valence electrons. The Balaban J connectivity index is 1.83. The summed E-state index contributed by atoms with van der Waals surface area (Å²) in [4.78, 5) is 9.05. The van der Waals surface area contributed by atoms with Crippen LogP contribution in [0.25, 0.3) is 22.2 Å². The highest BCUT2D eigenvalue weighted by Crippen LogP contribution is 2.39. The molecule has 0 aliphatic rings. The van der Waals surface area contributed by atoms with Crippen molar-refractivity contribution in [2.75, 3.05) is 5.75 Å². The summed E-state index contributed by atoms with van der Waals surface area (Å²) < 4.78 is 6.28. The molecule has 3 N–H and O–H groups in total. The Morgan fingerprint density at radius 2 is 1.86 bits per heavy atom. The number of hydrogen-bond acceptors (Lipinski definition) is 4. The third-order valence-electron chi connectivity index (χ3n) is 4.60. The van der Waals surface area contributed by atoms with E-state index in [4.69, 9.17) is 10.5 Å². The van der Waals surface area contributed by atoms with Gasteiger partial charge in [0.1, 0.15) is 17.1 Å². The van der Waals surface area contributed by atoms with Crippen molar-refractivity contribution in [3.63, 3.8) is 0 Å². The van der Waals surface area contributed by atoms with E-state index in [2.05, 4.69) is 47.2 Å². The zero-order valence-electron chi connectivity index (χ0n) is 16.0. The van der Waals surface area contributed by atoms with Crippen LogP contribution in [0.15, 0.2) is 65.7 Å². The van der Waals surface area contributed by atoms with Crippen molar-refractivity contribution in [3.8, 4) is 22.6 Å². The van der Waals surface area contributed by atoms with E-state index in [0.29, 0.717) is 6.54 Å². The fraction of sp³-hybridized carbons (Fsp3) is 0.174. The third kappa shape index (κ3) is 3.77. The number of nitrogens with zero attached hydrogens (tertiary/aromatic N) is 1. The fourth-order valence-electron chi connectivity index (χ4n) is 3.27. The van der Waals surface area contributed by atoms with Gasteiger partial charge >= 0.3 is 0 Å². The van der Waals surface area contributed by atoms with E-state index in [9.17, 15) is 0 Å². The number of aromatic nitrogens is 2. The second-order valence-corrected chi connectivity index (χ2v) is 7.93. The van der Waals surface area contributed by atoms with Gasteiger partial charge in [0.2, 0.25) is 0 Å². The summed E-state index contributed by atoms with van der Waals surface area (Å²) in [5.41, 5.74) is 10.8. The van der Waals surface area contributed by atoms with Crippen LogP contribution in [0.3, 0.4) is 0 Å². The van der Waals surface area contributed by atoms with Crippen molar-refractivity contribution in [3.05, 3.63) is 72.1 Å². The molecule has 0 radical (unpaired) electrons. The fourth-order valence-corrected chi connectivity index (χ4v) is 3.97. The molecule has 28 heavy (non-hydrogen) atoms. The molecule has 4 aromatic rings. The van der Waals surface area contributed by atoms with Gasteiger partial charge in [-0.3, -0.25) is 0 Å². The van der Waals surface area contributed by atoms with Crippen molar-refractivity contribution in [2.45, 2.75) is 25.3 Å². The Morgan fingerprint density at radius 1 is 1.04 bits per heavy atom. The third-order valence-corrected chi connectivity index (χ3v) is 5.47. The Bertz CT molecular complexity index is 1100. The Kier molecular flexibility index (Phi) is 5.37. The highest BCUT2D eigenvalue weighted by Gasteiger charge is 2.14. The molecule has 0 bridgehead atoms. The number of aromatic amines is 1. The molecular formula is C23H23N3OS. The van der Waals surface area contributed by atoms with E-state index >= 15 is 0 Å². The predicted molar refractivity (Wildman–Crippen MR) is 117 cm³/mol. The summed E-state index contributed by atoms with van der Waals surface area (Å²) >= 11 is 1.82. The highest BCUT2D eigenvalue weighted by atomic mass is 32.2. The minimum Gasteiger partial charge on any atom is -0.457 e. The molecular weight excluding hydrogens is 366 g/mol. The number of benzene rings is 2. The molecule has 0 spiro atoms. The van der Waals surface area contributed by atoms with Gasteiger partial charge in [0, 0.05) is 34.3 Å². The average Bonchev–Trinajstić information content (AvgIpc) is 3.17. The van der Waals surface area contributed by atoms with E-state index in [1.807, 2.05) is 49.1 Å². The molecule has 2 heterocycles. The first kappa shape index (κ1) is 18.6. The monoisotopic (exact) mass is 389 g/mol. The summed E-state index contributed by atoms with van der Waals surface area (Å²) in [6.45, 7) is 4.70. The molecule has 0 amide bonds. The van der Waals surface area contributed by atoms with Crippen LogP contribution in [-0.2, 0) is 6.54 Å². The van der Waals surface area contributed by atoms with Gasteiger partial charge in [-0.05, 0) is 66.3 Å². The van der Waals surface area contributed by atoms with Crippen LogP contribution in [0.2, 0.25) is 0 Å². The van der Waals surface area contributed by atoms with Crippen LogP contribution in [0.1, 0.15) is 18.2 Å². The lowest BCUT2D eigenvalue weighted by Crippen LogP contribution is -1.96. The van der Waals surface area contributed by atoms with Crippen molar-refractivity contribution >= 4 is 22.8 Å². The van der Waals surface area contributed by atoms with Gasteiger partial charge in [0.05, 0.1) is 0 Å². The maximum absolute atomic E-state index is 6.28. The van der Waals surface area contributed by atoms with Gasteiger partial charge in [0.25, 0.3) is 0 Å². The Labute approximate surface area is 169 Å². The van der Waals surface area contributed by atoms with Gasteiger partial charge in [-0.2, -0.15) is 0 Å². The standard InChI is InChI=1S/C23H23N3OS/c1-3-28-18-8-9-22(27-17-6-4-16(14-24)5-7-17)21(13-18)20-12-15(2)26-23-19(20)10-11-25-23/h4-13H,3,14,24H2,1-2H3,(H,25,26). The van der Waals surface area contributed by atoms with Crippen molar-refractivity contribution < 1.29 is 4.74 Å². The molecule has 0 unspecified atom stereocenters. The van der Waals surface area contributed by atoms with Crippen LogP contribution in [0.5, 0.6) is 11.5 Å². The number of nitrogens with two attached hydrogens (primary N) is 1. The van der Waals surface area contributed by atoms with Gasteiger partial charge in [-0.25, -0.2) is 4.98 Å². The second-order valence-electron chi connectivity index (χ2n) is 6.59. The number of hydrogen-bond donors (Lipinski definition) is 2. The number of rotatable bonds is 6. The summed E-state index contributed by atoms with van der Waals surface area (Å²) in [6.07, 6.45) is 1.93. The first-order valence-electron chi connectivity index (χ1n) is 9.36. The molecule has 5 heteroatoms. The molecule has 4 nitrogen and oxygen atoms in total. The first-order valence-corrected chi connectivity index (χ1v) is 10.4. The van der Waals surface area contributed by atoms with Gasteiger partial charge in [0.15, 0.2) is 0 Å². The molecule has 0 saturated heterocycles. The van der Waals surface area contributed by atoms with Crippen molar-refractivity contribution in [2.24, 2.45) is 5.73 Å². The zero-order valence-corrected chi connectivity index (χ0v) is 16.8. The molecule has 2 aromatic heterocycles. The Morgan fingerprint density at radius 3 is 2.61 bits per heavy atom. The summed E-state index contributed by atoms with van der Waals surface area (Å²) in [6, 6.07) is 18.5. The maximum Gasteiger partial charge on any atom is 0.138 e. The molecule has 2 aromatic carbocycles. The Hall–Kier alpha value is -2.76. The van der Waals surface area contributed by atoms with Gasteiger partial charge < -0.3 is 15.5 Å². The van der Waals surface area contributed by atoms with E-state index < -0.39 is 0 Å². The molecule has 0 fully saturated rings. The molecule has 0 saturated carbocycles. The van der Waals surface area contributed by atoms with Crippen LogP contribution < -0.4 is 10.5 Å². The number of nitrogens with one attached hydrogen (secondary N) is 1. The van der Waals surface area contributed by atoms with E-state index in [-0.39, 0.29) is 0 Å².